The summed E-state index contributed by atoms with van der Waals surface area (Å²) in [7, 11) is -1.05. The van der Waals surface area contributed by atoms with E-state index in [1.54, 1.807) is 0 Å². The largest absolute Gasteiger partial charge is 0.254 e. The van der Waals surface area contributed by atoms with E-state index in [9.17, 15) is 4.21 Å². The highest BCUT2D eigenvalue weighted by Crippen LogP contribution is 2.05. The van der Waals surface area contributed by atoms with Crippen molar-refractivity contribution in [3.63, 3.8) is 0 Å². The predicted molar refractivity (Wildman–Crippen MR) is 62.5 cm³/mol. The molecule has 1 aromatic heterocycles. The molecule has 5 nitrogen and oxygen atoms in total. The summed E-state index contributed by atoms with van der Waals surface area (Å²) in [5, 5.41) is 12.5. The number of nitrogens with zero attached hydrogens (tertiary/aromatic N) is 4. The zero-order chi connectivity index (χ0) is 12.1. The van der Waals surface area contributed by atoms with Gasteiger partial charge in [0.05, 0.1) is 17.3 Å². The molecule has 0 amide bonds. The van der Waals surface area contributed by atoms with Gasteiger partial charge in [-0.2, -0.15) is 5.26 Å². The van der Waals surface area contributed by atoms with E-state index >= 15 is 0 Å². The Morgan fingerprint density at radius 1 is 1.35 bits per heavy atom. The number of nitriles is 1. The summed E-state index contributed by atoms with van der Waals surface area (Å²) in [6.45, 7) is 0.482. The first-order chi connectivity index (χ1) is 8.29. The van der Waals surface area contributed by atoms with Gasteiger partial charge in [-0.25, -0.2) is 4.98 Å². The molecule has 1 atom stereocenters. The van der Waals surface area contributed by atoms with Gasteiger partial charge in [-0.3, -0.25) is 8.89 Å². The third kappa shape index (κ3) is 2.98. The maximum absolute atomic E-state index is 11.9. The number of aromatic nitrogens is 3. The molecule has 0 N–H and O–H groups in total. The number of hydrogen-bond acceptors (Lipinski definition) is 4. The molecule has 1 heterocycles. The van der Waals surface area contributed by atoms with E-state index in [0.29, 0.717) is 12.3 Å². The van der Waals surface area contributed by atoms with Crippen molar-refractivity contribution in [2.45, 2.75) is 11.4 Å². The monoisotopic (exact) mass is 246 g/mol. The fraction of sp³-hybridized carbons (Fsp3) is 0.182. The molecule has 0 aliphatic heterocycles. The van der Waals surface area contributed by atoms with E-state index < -0.39 is 10.8 Å². The lowest BCUT2D eigenvalue weighted by atomic mass is 10.4. The molecule has 17 heavy (non-hydrogen) atoms. The standard InChI is InChI=1S/C11H10N4OS/c12-8-11-13-9-15(14-11)6-7-17(16)10-4-2-1-3-5-10/h1-5,9H,6-7H2/t17-/m1/s1. The first kappa shape index (κ1) is 11.5. The van der Waals surface area contributed by atoms with Gasteiger partial charge >= 0.3 is 0 Å². The Morgan fingerprint density at radius 3 is 2.76 bits per heavy atom. The van der Waals surface area contributed by atoms with Crippen LogP contribution in [0.5, 0.6) is 0 Å². The first-order valence-corrected chi connectivity index (χ1v) is 6.34. The highest BCUT2D eigenvalue weighted by molar-refractivity contribution is 7.85. The summed E-state index contributed by atoms with van der Waals surface area (Å²) in [6, 6.07) is 11.1. The summed E-state index contributed by atoms with van der Waals surface area (Å²) < 4.78 is 13.4. The van der Waals surface area contributed by atoms with Crippen molar-refractivity contribution in [1.29, 1.82) is 5.26 Å². The van der Waals surface area contributed by atoms with Crippen molar-refractivity contribution in [3.8, 4) is 6.07 Å². The molecule has 1 aromatic carbocycles. The third-order valence-electron chi connectivity index (χ3n) is 2.15. The van der Waals surface area contributed by atoms with Gasteiger partial charge in [0.15, 0.2) is 0 Å². The molecule has 0 spiro atoms. The van der Waals surface area contributed by atoms with Crippen LogP contribution < -0.4 is 0 Å². The van der Waals surface area contributed by atoms with E-state index in [-0.39, 0.29) is 5.82 Å². The van der Waals surface area contributed by atoms with Gasteiger partial charge in [0.25, 0.3) is 5.82 Å². The highest BCUT2D eigenvalue weighted by atomic mass is 32.2. The maximum atomic E-state index is 11.9. The van der Waals surface area contributed by atoms with Crippen LogP contribution in [0.3, 0.4) is 0 Å². The van der Waals surface area contributed by atoms with Gasteiger partial charge < -0.3 is 0 Å². The van der Waals surface area contributed by atoms with Crippen LogP contribution in [-0.4, -0.2) is 24.7 Å². The summed E-state index contributed by atoms with van der Waals surface area (Å²) in [6.07, 6.45) is 1.47. The summed E-state index contributed by atoms with van der Waals surface area (Å²) in [5.74, 6) is 0.591. The number of benzene rings is 1. The Balaban J connectivity index is 1.95. The van der Waals surface area contributed by atoms with E-state index in [1.165, 1.54) is 11.0 Å². The SMILES string of the molecule is N#Cc1ncn(CC[S@@](=O)c2ccccc2)n1. The van der Waals surface area contributed by atoms with Crippen molar-refractivity contribution in [3.05, 3.63) is 42.5 Å². The lowest BCUT2D eigenvalue weighted by Gasteiger charge is -2.01. The molecule has 0 fully saturated rings. The number of aryl methyl sites for hydroxylation is 1. The van der Waals surface area contributed by atoms with Crippen LogP contribution in [0.4, 0.5) is 0 Å². The normalized spacial score (nSPS) is 11.9. The second-order valence-corrected chi connectivity index (χ2v) is 4.88. The van der Waals surface area contributed by atoms with Gasteiger partial charge in [-0.05, 0) is 12.1 Å². The van der Waals surface area contributed by atoms with Crippen molar-refractivity contribution in [2.75, 3.05) is 5.75 Å². The van der Waals surface area contributed by atoms with Gasteiger partial charge in [-0.15, -0.1) is 5.10 Å². The molecule has 0 radical (unpaired) electrons. The lowest BCUT2D eigenvalue weighted by molar-refractivity contribution is 0.641. The minimum Gasteiger partial charge on any atom is -0.254 e. The Hall–Kier alpha value is -2.00. The fourth-order valence-corrected chi connectivity index (χ4v) is 2.37. The average Bonchev–Trinajstić information content (AvgIpc) is 2.85. The molecule has 0 aliphatic carbocycles. The highest BCUT2D eigenvalue weighted by Gasteiger charge is 2.04. The van der Waals surface area contributed by atoms with E-state index in [4.69, 9.17) is 5.26 Å². The van der Waals surface area contributed by atoms with Crippen molar-refractivity contribution < 1.29 is 4.21 Å². The third-order valence-corrected chi connectivity index (χ3v) is 3.50. The van der Waals surface area contributed by atoms with Crippen molar-refractivity contribution >= 4 is 10.8 Å². The number of rotatable bonds is 4. The Kier molecular flexibility index (Phi) is 3.62. The van der Waals surface area contributed by atoms with Gasteiger partial charge in [-0.1, -0.05) is 18.2 Å². The molecular formula is C11H10N4OS. The molecule has 0 bridgehead atoms. The van der Waals surface area contributed by atoms with Crippen LogP contribution in [0.15, 0.2) is 41.6 Å². The molecule has 0 saturated heterocycles. The van der Waals surface area contributed by atoms with E-state index in [2.05, 4.69) is 10.1 Å². The maximum Gasteiger partial charge on any atom is 0.252 e. The molecular weight excluding hydrogens is 236 g/mol. The summed E-state index contributed by atoms with van der Waals surface area (Å²) >= 11 is 0. The zero-order valence-corrected chi connectivity index (χ0v) is 9.80. The first-order valence-electron chi connectivity index (χ1n) is 5.02. The van der Waals surface area contributed by atoms with Crippen LogP contribution >= 0.6 is 0 Å². The zero-order valence-electron chi connectivity index (χ0n) is 8.98. The quantitative estimate of drug-likeness (QED) is 0.805. The smallest absolute Gasteiger partial charge is 0.252 e. The van der Waals surface area contributed by atoms with Crippen LogP contribution in [0, 0.1) is 11.3 Å². The molecule has 2 aromatic rings. The lowest BCUT2D eigenvalue weighted by Crippen LogP contribution is -2.08. The van der Waals surface area contributed by atoms with Crippen LogP contribution in [-0.2, 0) is 17.3 Å². The van der Waals surface area contributed by atoms with Crippen LogP contribution in [0.2, 0.25) is 0 Å². The Bertz CT molecular complexity index is 558. The van der Waals surface area contributed by atoms with Gasteiger partial charge in [0, 0.05) is 10.6 Å². The van der Waals surface area contributed by atoms with Gasteiger partial charge in [0.1, 0.15) is 12.4 Å². The molecule has 0 unspecified atom stereocenters. The minimum atomic E-state index is -1.05. The molecule has 2 rings (SSSR count). The average molecular weight is 246 g/mol. The minimum absolute atomic E-state index is 0.135. The summed E-state index contributed by atoms with van der Waals surface area (Å²) in [5.41, 5.74) is 0. The van der Waals surface area contributed by atoms with Crippen molar-refractivity contribution in [2.24, 2.45) is 0 Å². The van der Waals surface area contributed by atoms with E-state index in [1.807, 2.05) is 36.4 Å². The molecule has 86 valence electrons. The molecule has 0 saturated carbocycles. The Labute approximate surface area is 101 Å². The topological polar surface area (TPSA) is 71.6 Å². The summed E-state index contributed by atoms with van der Waals surface area (Å²) in [4.78, 5) is 4.58. The van der Waals surface area contributed by atoms with Crippen LogP contribution in [0.25, 0.3) is 0 Å². The second-order valence-electron chi connectivity index (χ2n) is 3.31. The number of hydrogen-bond donors (Lipinski definition) is 0. The molecule has 6 heteroatoms. The second kappa shape index (κ2) is 5.37. The predicted octanol–water partition coefficient (Wildman–Crippen LogP) is 0.958. The fourth-order valence-electron chi connectivity index (χ4n) is 1.32. The van der Waals surface area contributed by atoms with Crippen molar-refractivity contribution in [1.82, 2.24) is 14.8 Å². The van der Waals surface area contributed by atoms with Crippen LogP contribution in [0.1, 0.15) is 5.82 Å². The molecule has 0 aliphatic rings. The Morgan fingerprint density at radius 2 is 2.12 bits per heavy atom. The van der Waals surface area contributed by atoms with E-state index in [0.717, 1.165) is 4.90 Å². The van der Waals surface area contributed by atoms with Gasteiger partial charge in [0.2, 0.25) is 0 Å².